The number of carbonyl (C=O) groups excluding carboxylic acids is 1. The Labute approximate surface area is 207 Å². The smallest absolute Gasteiger partial charge is 0.303 e. The molecule has 0 saturated carbocycles. The van der Waals surface area contributed by atoms with Crippen LogP contribution in [0.1, 0.15) is 30.3 Å². The molecule has 6 rings (SSSR count). The topological polar surface area (TPSA) is 109 Å². The van der Waals surface area contributed by atoms with E-state index in [0.717, 1.165) is 5.56 Å². The predicted octanol–water partition coefficient (Wildman–Crippen LogP) is 2.93. The third-order valence-electron chi connectivity index (χ3n) is 7.04. The number of methoxy groups -OCH3 is 3. The van der Waals surface area contributed by atoms with E-state index in [2.05, 4.69) is 0 Å². The summed E-state index contributed by atoms with van der Waals surface area (Å²) in [7, 11) is 4.64. The highest BCUT2D eigenvalue weighted by Crippen LogP contribution is 2.61. The summed E-state index contributed by atoms with van der Waals surface area (Å²) in [5.41, 5.74) is 0.121. The molecule has 2 fully saturated rings. The molecule has 2 aromatic rings. The molecule has 0 bridgehead atoms. The summed E-state index contributed by atoms with van der Waals surface area (Å²) < 4.78 is 58.1. The van der Waals surface area contributed by atoms with Crippen LogP contribution in [0.5, 0.6) is 40.2 Å². The maximum atomic E-state index is 12.4. The first-order chi connectivity index (χ1) is 17.5. The summed E-state index contributed by atoms with van der Waals surface area (Å²) in [4.78, 5) is 12.4. The van der Waals surface area contributed by atoms with Gasteiger partial charge in [0.15, 0.2) is 28.6 Å². The van der Waals surface area contributed by atoms with Gasteiger partial charge in [-0.05, 0) is 6.07 Å². The van der Waals surface area contributed by atoms with E-state index in [0.29, 0.717) is 45.8 Å². The van der Waals surface area contributed by atoms with Gasteiger partial charge in [0, 0.05) is 24.6 Å². The SMILES string of the molecule is COc1cc2c(cc1C1OCC3(OC(C)=O)C(c4c(OC)cc5c(c4OC)OCO5)OCC13)OCO2. The third kappa shape index (κ3) is 3.22. The number of carbonyl (C=O) groups is 1. The minimum Gasteiger partial charge on any atom is -0.496 e. The molecule has 4 heterocycles. The van der Waals surface area contributed by atoms with Gasteiger partial charge in [0.1, 0.15) is 17.6 Å². The van der Waals surface area contributed by atoms with Crippen LogP contribution < -0.4 is 33.2 Å². The summed E-state index contributed by atoms with van der Waals surface area (Å²) in [6.45, 7) is 1.86. The number of ether oxygens (including phenoxy) is 10. The van der Waals surface area contributed by atoms with E-state index in [-0.39, 0.29) is 32.7 Å². The average molecular weight is 502 g/mol. The Kier molecular flexibility index (Phi) is 5.41. The quantitative estimate of drug-likeness (QED) is 0.544. The van der Waals surface area contributed by atoms with E-state index < -0.39 is 23.8 Å². The number of rotatable bonds is 6. The second kappa shape index (κ2) is 8.52. The highest BCUT2D eigenvalue weighted by molar-refractivity contribution is 5.68. The molecule has 0 radical (unpaired) electrons. The van der Waals surface area contributed by atoms with Crippen molar-refractivity contribution >= 4 is 5.97 Å². The molecule has 2 aromatic carbocycles. The van der Waals surface area contributed by atoms with Crippen molar-refractivity contribution in [3.63, 3.8) is 0 Å². The van der Waals surface area contributed by atoms with Crippen LogP contribution in [0.25, 0.3) is 0 Å². The zero-order valence-electron chi connectivity index (χ0n) is 20.3. The van der Waals surface area contributed by atoms with Crippen LogP contribution >= 0.6 is 0 Å². The van der Waals surface area contributed by atoms with Gasteiger partial charge in [0.05, 0.1) is 52.1 Å². The molecule has 4 aliphatic heterocycles. The van der Waals surface area contributed by atoms with Crippen LogP contribution in [-0.2, 0) is 19.0 Å². The Balaban J connectivity index is 1.46. The van der Waals surface area contributed by atoms with Crippen LogP contribution in [0, 0.1) is 5.92 Å². The van der Waals surface area contributed by atoms with Crippen molar-refractivity contribution in [1.82, 2.24) is 0 Å². The monoisotopic (exact) mass is 502 g/mol. The molecule has 0 aromatic heterocycles. The molecular weight excluding hydrogens is 476 g/mol. The number of fused-ring (bicyclic) bond motifs is 3. The molecule has 0 spiro atoms. The fraction of sp³-hybridized carbons (Fsp3) is 0.480. The second-order valence-corrected chi connectivity index (χ2v) is 8.81. The molecule has 4 atom stereocenters. The van der Waals surface area contributed by atoms with E-state index in [4.69, 9.17) is 47.4 Å². The Morgan fingerprint density at radius 2 is 1.58 bits per heavy atom. The summed E-state index contributed by atoms with van der Waals surface area (Å²) in [6.07, 6.45) is -1.28. The van der Waals surface area contributed by atoms with Gasteiger partial charge in [-0.1, -0.05) is 0 Å². The minimum atomic E-state index is -1.17. The molecule has 0 amide bonds. The zero-order chi connectivity index (χ0) is 25.0. The van der Waals surface area contributed by atoms with Crippen LogP contribution in [0.15, 0.2) is 18.2 Å². The van der Waals surface area contributed by atoms with Crippen LogP contribution in [0.3, 0.4) is 0 Å². The number of esters is 1. The van der Waals surface area contributed by atoms with Crippen molar-refractivity contribution in [2.24, 2.45) is 5.92 Å². The number of benzene rings is 2. The molecule has 4 aliphatic rings. The van der Waals surface area contributed by atoms with Crippen molar-refractivity contribution in [2.75, 3.05) is 48.1 Å². The maximum Gasteiger partial charge on any atom is 0.303 e. The molecule has 0 N–H and O–H groups in total. The first-order valence-corrected chi connectivity index (χ1v) is 11.5. The van der Waals surface area contributed by atoms with Gasteiger partial charge in [-0.15, -0.1) is 0 Å². The van der Waals surface area contributed by atoms with Gasteiger partial charge < -0.3 is 47.4 Å². The molecule has 4 unspecified atom stereocenters. The molecule has 36 heavy (non-hydrogen) atoms. The lowest BCUT2D eigenvalue weighted by Crippen LogP contribution is -2.44. The molecule has 2 saturated heterocycles. The highest BCUT2D eigenvalue weighted by Gasteiger charge is 2.64. The van der Waals surface area contributed by atoms with E-state index in [1.807, 2.05) is 6.07 Å². The van der Waals surface area contributed by atoms with E-state index >= 15 is 0 Å². The van der Waals surface area contributed by atoms with Crippen molar-refractivity contribution in [3.05, 3.63) is 29.3 Å². The third-order valence-corrected chi connectivity index (χ3v) is 7.04. The van der Waals surface area contributed by atoms with E-state index in [1.165, 1.54) is 21.1 Å². The standard InChI is InChI=1S/C25H26O11/c1-12(26)36-25-9-31-21(13-5-16-17(33-10-32-16)6-15(13)27-2)14(25)8-30-24(25)20-18(28-3)7-19-22(23(20)29-4)35-11-34-19/h5-7,14,21,24H,8-11H2,1-4H3. The van der Waals surface area contributed by atoms with Crippen LogP contribution in [0.4, 0.5) is 0 Å². The maximum absolute atomic E-state index is 12.4. The number of hydrogen-bond donors (Lipinski definition) is 0. The first kappa shape index (κ1) is 22.9. The molecule has 11 heteroatoms. The molecular formula is C25H26O11. The van der Waals surface area contributed by atoms with Crippen molar-refractivity contribution in [2.45, 2.75) is 24.7 Å². The van der Waals surface area contributed by atoms with Crippen molar-refractivity contribution in [1.29, 1.82) is 0 Å². The Morgan fingerprint density at radius 3 is 2.31 bits per heavy atom. The molecule has 192 valence electrons. The summed E-state index contributed by atoms with van der Waals surface area (Å²) >= 11 is 0. The Hall–Kier alpha value is -3.57. The molecule has 11 nitrogen and oxygen atoms in total. The lowest BCUT2D eigenvalue weighted by atomic mass is 9.79. The summed E-state index contributed by atoms with van der Waals surface area (Å²) in [6, 6.07) is 5.32. The van der Waals surface area contributed by atoms with Gasteiger partial charge in [0.25, 0.3) is 0 Å². The predicted molar refractivity (Wildman–Crippen MR) is 120 cm³/mol. The number of hydrogen-bond acceptors (Lipinski definition) is 11. The largest absolute Gasteiger partial charge is 0.496 e. The van der Waals surface area contributed by atoms with Gasteiger partial charge in [-0.3, -0.25) is 4.79 Å². The fourth-order valence-corrected chi connectivity index (χ4v) is 5.56. The minimum absolute atomic E-state index is 0.0522. The van der Waals surface area contributed by atoms with Crippen LogP contribution in [0.2, 0.25) is 0 Å². The van der Waals surface area contributed by atoms with Gasteiger partial charge in [-0.25, -0.2) is 0 Å². The lowest BCUT2D eigenvalue weighted by molar-refractivity contribution is -0.167. The second-order valence-electron chi connectivity index (χ2n) is 8.81. The Bertz CT molecular complexity index is 1210. The van der Waals surface area contributed by atoms with Crippen LogP contribution in [-0.4, -0.2) is 59.7 Å². The first-order valence-electron chi connectivity index (χ1n) is 11.5. The highest BCUT2D eigenvalue weighted by atomic mass is 16.7. The van der Waals surface area contributed by atoms with Crippen molar-refractivity contribution in [3.8, 4) is 40.2 Å². The van der Waals surface area contributed by atoms with Crippen molar-refractivity contribution < 1.29 is 52.2 Å². The summed E-state index contributed by atoms with van der Waals surface area (Å²) in [5, 5.41) is 0. The Morgan fingerprint density at radius 1 is 0.889 bits per heavy atom. The average Bonchev–Trinajstić information content (AvgIpc) is 3.65. The summed E-state index contributed by atoms with van der Waals surface area (Å²) in [5.74, 6) is 2.70. The molecule has 0 aliphatic carbocycles. The normalized spacial score (nSPS) is 27.1. The van der Waals surface area contributed by atoms with E-state index in [9.17, 15) is 4.79 Å². The lowest BCUT2D eigenvalue weighted by Gasteiger charge is -2.33. The van der Waals surface area contributed by atoms with E-state index in [1.54, 1.807) is 19.2 Å². The van der Waals surface area contributed by atoms with Gasteiger partial charge >= 0.3 is 5.97 Å². The van der Waals surface area contributed by atoms with Gasteiger partial charge in [-0.2, -0.15) is 0 Å². The zero-order valence-corrected chi connectivity index (χ0v) is 20.3. The fourth-order valence-electron chi connectivity index (χ4n) is 5.56. The van der Waals surface area contributed by atoms with Gasteiger partial charge in [0.2, 0.25) is 19.3 Å².